The second-order valence-corrected chi connectivity index (χ2v) is 3.22. The smallest absolute Gasteiger partial charge is 0.183 e. The number of ether oxygens (including phenoxy) is 1. The predicted octanol–water partition coefficient (Wildman–Crippen LogP) is 2.10. The number of methoxy groups -OCH3 is 1. The van der Waals surface area contributed by atoms with Crippen molar-refractivity contribution in [1.82, 2.24) is 9.97 Å². The van der Waals surface area contributed by atoms with Crippen molar-refractivity contribution in [2.24, 2.45) is 0 Å². The van der Waals surface area contributed by atoms with Gasteiger partial charge in [-0.25, -0.2) is 9.97 Å². The van der Waals surface area contributed by atoms with Gasteiger partial charge in [0.05, 0.1) is 7.11 Å². The van der Waals surface area contributed by atoms with Gasteiger partial charge in [0.2, 0.25) is 0 Å². The number of nitrogens with zero attached hydrogens (tertiary/aromatic N) is 3. The van der Waals surface area contributed by atoms with Crippen LogP contribution in [0.5, 0.6) is 5.75 Å². The summed E-state index contributed by atoms with van der Waals surface area (Å²) < 4.78 is 5.06. The van der Waals surface area contributed by atoms with E-state index in [0.29, 0.717) is 5.82 Å². The highest BCUT2D eigenvalue weighted by atomic mass is 16.5. The molecule has 0 atom stereocenters. The van der Waals surface area contributed by atoms with Crippen LogP contribution in [0.2, 0.25) is 0 Å². The number of rotatable bonds is 3. The summed E-state index contributed by atoms with van der Waals surface area (Å²) in [6, 6.07) is 9.31. The molecule has 0 unspecified atom stereocenters. The van der Waals surface area contributed by atoms with Gasteiger partial charge in [-0.2, -0.15) is 5.26 Å². The fraction of sp³-hybridized carbons (Fsp3) is 0.0833. The van der Waals surface area contributed by atoms with Crippen molar-refractivity contribution >= 4 is 11.5 Å². The van der Waals surface area contributed by atoms with E-state index in [1.165, 1.54) is 12.4 Å². The van der Waals surface area contributed by atoms with Crippen LogP contribution in [0, 0.1) is 11.3 Å². The van der Waals surface area contributed by atoms with Crippen molar-refractivity contribution in [2.45, 2.75) is 0 Å². The fourth-order valence-electron chi connectivity index (χ4n) is 1.32. The molecule has 0 aliphatic carbocycles. The monoisotopic (exact) mass is 226 g/mol. The van der Waals surface area contributed by atoms with Gasteiger partial charge in [0.25, 0.3) is 0 Å². The van der Waals surface area contributed by atoms with Crippen LogP contribution in [0.1, 0.15) is 5.69 Å². The third-order valence-corrected chi connectivity index (χ3v) is 2.16. The number of nitrogens with one attached hydrogen (secondary N) is 1. The zero-order valence-electron chi connectivity index (χ0n) is 9.21. The van der Waals surface area contributed by atoms with Crippen molar-refractivity contribution in [2.75, 3.05) is 12.4 Å². The highest BCUT2D eigenvalue weighted by molar-refractivity contribution is 5.60. The minimum atomic E-state index is 0.267. The molecule has 2 aromatic rings. The molecule has 0 saturated heterocycles. The number of anilines is 2. The van der Waals surface area contributed by atoms with Gasteiger partial charge in [-0.15, -0.1) is 0 Å². The predicted molar refractivity (Wildman–Crippen MR) is 63.0 cm³/mol. The quantitative estimate of drug-likeness (QED) is 0.867. The lowest BCUT2D eigenvalue weighted by Gasteiger charge is -2.06. The van der Waals surface area contributed by atoms with Crippen LogP contribution in [-0.4, -0.2) is 17.1 Å². The van der Waals surface area contributed by atoms with Crippen molar-refractivity contribution < 1.29 is 4.74 Å². The molecule has 0 fully saturated rings. The number of benzene rings is 1. The Morgan fingerprint density at radius 3 is 2.53 bits per heavy atom. The molecule has 1 heterocycles. The average Bonchev–Trinajstić information content (AvgIpc) is 2.40. The summed E-state index contributed by atoms with van der Waals surface area (Å²) >= 11 is 0. The standard InChI is InChI=1S/C12H10N4O/c1-17-10-4-2-9(3-5-10)16-12-11(8-13)14-6-7-15-12/h2-7H,1H3,(H,15,16). The molecule has 17 heavy (non-hydrogen) atoms. The Morgan fingerprint density at radius 2 is 1.88 bits per heavy atom. The molecule has 5 nitrogen and oxygen atoms in total. The average molecular weight is 226 g/mol. The Morgan fingerprint density at radius 1 is 1.18 bits per heavy atom. The normalized spacial score (nSPS) is 9.41. The number of nitriles is 1. The zero-order chi connectivity index (χ0) is 12.1. The molecule has 0 aliphatic heterocycles. The molecule has 5 heteroatoms. The van der Waals surface area contributed by atoms with Crippen LogP contribution in [-0.2, 0) is 0 Å². The van der Waals surface area contributed by atoms with E-state index < -0.39 is 0 Å². The summed E-state index contributed by atoms with van der Waals surface area (Å²) in [6.45, 7) is 0. The maximum Gasteiger partial charge on any atom is 0.183 e. The van der Waals surface area contributed by atoms with E-state index in [-0.39, 0.29) is 5.69 Å². The molecule has 1 aromatic carbocycles. The molecule has 0 aliphatic rings. The number of hydrogen-bond donors (Lipinski definition) is 1. The minimum absolute atomic E-state index is 0.267. The molecule has 2 rings (SSSR count). The van der Waals surface area contributed by atoms with Gasteiger partial charge in [0.15, 0.2) is 11.5 Å². The van der Waals surface area contributed by atoms with Crippen molar-refractivity contribution in [3.8, 4) is 11.8 Å². The van der Waals surface area contributed by atoms with E-state index in [1.807, 2.05) is 30.3 Å². The van der Waals surface area contributed by atoms with Gasteiger partial charge < -0.3 is 10.1 Å². The van der Waals surface area contributed by atoms with Crippen molar-refractivity contribution in [3.63, 3.8) is 0 Å². The van der Waals surface area contributed by atoms with E-state index in [4.69, 9.17) is 10.00 Å². The van der Waals surface area contributed by atoms with Crippen LogP contribution in [0.4, 0.5) is 11.5 Å². The molecule has 0 radical (unpaired) electrons. The maximum absolute atomic E-state index is 8.87. The van der Waals surface area contributed by atoms with Crippen molar-refractivity contribution in [1.29, 1.82) is 5.26 Å². The molecule has 0 bridgehead atoms. The van der Waals surface area contributed by atoms with Gasteiger partial charge in [0.1, 0.15) is 11.8 Å². The number of aromatic nitrogens is 2. The van der Waals surface area contributed by atoms with Gasteiger partial charge in [-0.3, -0.25) is 0 Å². The van der Waals surface area contributed by atoms with Gasteiger partial charge in [0, 0.05) is 18.1 Å². The Balaban J connectivity index is 2.23. The van der Waals surface area contributed by atoms with Gasteiger partial charge in [-0.1, -0.05) is 0 Å². The third-order valence-electron chi connectivity index (χ3n) is 2.16. The summed E-state index contributed by atoms with van der Waals surface area (Å²) in [5.41, 5.74) is 1.09. The number of hydrogen-bond acceptors (Lipinski definition) is 5. The van der Waals surface area contributed by atoms with E-state index in [9.17, 15) is 0 Å². The SMILES string of the molecule is COc1ccc(Nc2nccnc2C#N)cc1. The van der Waals surface area contributed by atoms with Crippen LogP contribution >= 0.6 is 0 Å². The highest BCUT2D eigenvalue weighted by Crippen LogP contribution is 2.19. The topological polar surface area (TPSA) is 70.8 Å². The lowest BCUT2D eigenvalue weighted by molar-refractivity contribution is 0.415. The van der Waals surface area contributed by atoms with E-state index in [2.05, 4.69) is 15.3 Å². The van der Waals surface area contributed by atoms with Crippen LogP contribution in [0.3, 0.4) is 0 Å². The summed E-state index contributed by atoms with van der Waals surface area (Å²) in [7, 11) is 1.61. The molecular weight excluding hydrogens is 216 g/mol. The second kappa shape index (κ2) is 4.94. The lowest BCUT2D eigenvalue weighted by atomic mass is 10.3. The summed E-state index contributed by atoms with van der Waals surface area (Å²) in [5.74, 6) is 1.22. The largest absolute Gasteiger partial charge is 0.497 e. The maximum atomic E-state index is 8.87. The summed E-state index contributed by atoms with van der Waals surface area (Å²) in [6.07, 6.45) is 3.02. The molecular formula is C12H10N4O. The molecule has 0 spiro atoms. The van der Waals surface area contributed by atoms with Crippen molar-refractivity contribution in [3.05, 3.63) is 42.4 Å². The van der Waals surface area contributed by atoms with Gasteiger partial charge >= 0.3 is 0 Å². The molecule has 1 aromatic heterocycles. The first-order valence-corrected chi connectivity index (χ1v) is 4.95. The molecule has 84 valence electrons. The first-order valence-electron chi connectivity index (χ1n) is 4.95. The first kappa shape index (κ1) is 10.9. The van der Waals surface area contributed by atoms with E-state index in [1.54, 1.807) is 7.11 Å². The van der Waals surface area contributed by atoms with E-state index >= 15 is 0 Å². The summed E-state index contributed by atoms with van der Waals surface area (Å²) in [5, 5.41) is 11.9. The zero-order valence-corrected chi connectivity index (χ0v) is 9.21. The Kier molecular flexibility index (Phi) is 3.17. The Labute approximate surface area is 98.7 Å². The van der Waals surface area contributed by atoms with Crippen LogP contribution < -0.4 is 10.1 Å². The lowest BCUT2D eigenvalue weighted by Crippen LogP contribution is -1.98. The summed E-state index contributed by atoms with van der Waals surface area (Å²) in [4.78, 5) is 7.98. The van der Waals surface area contributed by atoms with Gasteiger partial charge in [-0.05, 0) is 24.3 Å². The molecule has 0 saturated carbocycles. The molecule has 0 amide bonds. The highest BCUT2D eigenvalue weighted by Gasteiger charge is 2.03. The third kappa shape index (κ3) is 2.49. The Bertz CT molecular complexity index is 545. The van der Waals surface area contributed by atoms with Crippen LogP contribution in [0.25, 0.3) is 0 Å². The fourth-order valence-corrected chi connectivity index (χ4v) is 1.32. The minimum Gasteiger partial charge on any atom is -0.497 e. The molecule has 1 N–H and O–H groups in total. The second-order valence-electron chi connectivity index (χ2n) is 3.22. The first-order chi connectivity index (χ1) is 8.33. The van der Waals surface area contributed by atoms with E-state index in [0.717, 1.165) is 11.4 Å². The van der Waals surface area contributed by atoms with Crippen LogP contribution in [0.15, 0.2) is 36.7 Å². The Hall–Kier alpha value is -2.61.